The number of esters is 1. The van der Waals surface area contributed by atoms with Crippen LogP contribution in [0.5, 0.6) is 0 Å². The first kappa shape index (κ1) is 13.7. The minimum atomic E-state index is -0.258. The minimum absolute atomic E-state index is 0.0363. The third-order valence-electron chi connectivity index (χ3n) is 2.93. The van der Waals surface area contributed by atoms with Crippen molar-refractivity contribution in [1.82, 2.24) is 9.55 Å². The highest BCUT2D eigenvalue weighted by Crippen LogP contribution is 2.20. The van der Waals surface area contributed by atoms with E-state index in [-0.39, 0.29) is 11.5 Å². The standard InChI is InChI=1S/C13H16N2O3S/c1-3-9-7-10-12(19-9)14-8-15(13(10)17)6-4-5-11(16)18-2/h7-8H,3-6H2,1-2H3. The van der Waals surface area contributed by atoms with Crippen molar-refractivity contribution in [1.29, 1.82) is 0 Å². The summed E-state index contributed by atoms with van der Waals surface area (Å²) >= 11 is 1.55. The average Bonchev–Trinajstić information content (AvgIpc) is 2.85. The van der Waals surface area contributed by atoms with Gasteiger partial charge in [-0.15, -0.1) is 11.3 Å². The fraction of sp³-hybridized carbons (Fsp3) is 0.462. The number of aryl methyl sites for hydroxylation is 2. The van der Waals surface area contributed by atoms with Gasteiger partial charge in [0.25, 0.3) is 5.56 Å². The fourth-order valence-electron chi connectivity index (χ4n) is 1.84. The molecule has 0 saturated heterocycles. The topological polar surface area (TPSA) is 61.2 Å². The van der Waals surface area contributed by atoms with Crippen LogP contribution in [0.4, 0.5) is 0 Å². The van der Waals surface area contributed by atoms with Gasteiger partial charge in [0.2, 0.25) is 0 Å². The number of nitrogens with zero attached hydrogens (tertiary/aromatic N) is 2. The van der Waals surface area contributed by atoms with E-state index in [2.05, 4.69) is 16.6 Å². The molecule has 2 aromatic heterocycles. The summed E-state index contributed by atoms with van der Waals surface area (Å²) < 4.78 is 6.12. The average molecular weight is 280 g/mol. The molecule has 0 atom stereocenters. The first-order chi connectivity index (χ1) is 9.15. The van der Waals surface area contributed by atoms with Gasteiger partial charge >= 0.3 is 5.97 Å². The van der Waals surface area contributed by atoms with Crippen molar-refractivity contribution in [2.75, 3.05) is 7.11 Å². The van der Waals surface area contributed by atoms with Crippen molar-refractivity contribution in [2.45, 2.75) is 32.7 Å². The van der Waals surface area contributed by atoms with Crippen LogP contribution < -0.4 is 5.56 Å². The molecular formula is C13H16N2O3S. The molecule has 0 aliphatic rings. The predicted molar refractivity (Wildman–Crippen MR) is 74.5 cm³/mol. The fourth-order valence-corrected chi connectivity index (χ4v) is 2.76. The molecule has 0 aliphatic heterocycles. The second-order valence-electron chi connectivity index (χ2n) is 4.21. The molecular weight excluding hydrogens is 264 g/mol. The lowest BCUT2D eigenvalue weighted by molar-refractivity contribution is -0.140. The van der Waals surface area contributed by atoms with Crippen LogP contribution in [0.15, 0.2) is 17.2 Å². The Labute approximate surface area is 114 Å². The summed E-state index contributed by atoms with van der Waals surface area (Å²) in [4.78, 5) is 29.5. The molecule has 0 amide bonds. The zero-order chi connectivity index (χ0) is 13.8. The maximum Gasteiger partial charge on any atom is 0.305 e. The van der Waals surface area contributed by atoms with Gasteiger partial charge in [-0.2, -0.15) is 0 Å². The van der Waals surface area contributed by atoms with E-state index in [9.17, 15) is 9.59 Å². The van der Waals surface area contributed by atoms with E-state index in [0.717, 1.165) is 16.1 Å². The number of hydrogen-bond acceptors (Lipinski definition) is 5. The number of carbonyl (C=O) groups excluding carboxylic acids is 1. The molecule has 0 bridgehead atoms. The smallest absolute Gasteiger partial charge is 0.305 e. The number of thiophene rings is 1. The van der Waals surface area contributed by atoms with E-state index < -0.39 is 0 Å². The first-order valence-electron chi connectivity index (χ1n) is 6.20. The maximum atomic E-state index is 12.2. The van der Waals surface area contributed by atoms with E-state index in [0.29, 0.717) is 24.8 Å². The summed E-state index contributed by atoms with van der Waals surface area (Å²) in [6.07, 6.45) is 3.34. The monoisotopic (exact) mass is 280 g/mol. The lowest BCUT2D eigenvalue weighted by atomic mass is 10.3. The number of ether oxygens (including phenoxy) is 1. The molecule has 102 valence electrons. The van der Waals surface area contributed by atoms with Crippen molar-refractivity contribution in [3.05, 3.63) is 27.6 Å². The van der Waals surface area contributed by atoms with Crippen LogP contribution in [0.25, 0.3) is 10.2 Å². The Bertz CT molecular complexity index is 645. The van der Waals surface area contributed by atoms with Gasteiger partial charge in [0.05, 0.1) is 18.8 Å². The zero-order valence-electron chi connectivity index (χ0n) is 11.0. The first-order valence-corrected chi connectivity index (χ1v) is 7.02. The van der Waals surface area contributed by atoms with Crippen molar-refractivity contribution in [3.8, 4) is 0 Å². The third-order valence-corrected chi connectivity index (χ3v) is 4.11. The quantitative estimate of drug-likeness (QED) is 0.786. The summed E-state index contributed by atoms with van der Waals surface area (Å²) in [5.74, 6) is -0.258. The molecule has 5 nitrogen and oxygen atoms in total. The SMILES string of the molecule is CCc1cc2c(=O)n(CCCC(=O)OC)cnc2s1. The molecule has 0 aliphatic carbocycles. The highest BCUT2D eigenvalue weighted by Gasteiger charge is 2.08. The Morgan fingerprint density at radius 2 is 2.32 bits per heavy atom. The molecule has 2 aromatic rings. The molecule has 0 aromatic carbocycles. The molecule has 0 N–H and O–H groups in total. The zero-order valence-corrected chi connectivity index (χ0v) is 11.8. The molecule has 2 heterocycles. The van der Waals surface area contributed by atoms with E-state index in [1.54, 1.807) is 22.2 Å². The van der Waals surface area contributed by atoms with Crippen molar-refractivity contribution in [2.24, 2.45) is 0 Å². The summed E-state index contributed by atoms with van der Waals surface area (Å²) in [5, 5.41) is 0.669. The molecule has 0 saturated carbocycles. The molecule has 19 heavy (non-hydrogen) atoms. The van der Waals surface area contributed by atoms with Gasteiger partial charge < -0.3 is 4.74 Å². The normalized spacial score (nSPS) is 10.8. The molecule has 0 radical (unpaired) electrons. The van der Waals surface area contributed by atoms with E-state index in [1.807, 2.05) is 6.07 Å². The summed E-state index contributed by atoms with van der Waals surface area (Å²) in [7, 11) is 1.36. The highest BCUT2D eigenvalue weighted by atomic mass is 32.1. The molecule has 6 heteroatoms. The van der Waals surface area contributed by atoms with Crippen LogP contribution >= 0.6 is 11.3 Å². The lowest BCUT2D eigenvalue weighted by Crippen LogP contribution is -2.20. The van der Waals surface area contributed by atoms with Gasteiger partial charge in [-0.3, -0.25) is 14.2 Å². The van der Waals surface area contributed by atoms with Crippen LogP contribution in [-0.4, -0.2) is 22.6 Å². The van der Waals surface area contributed by atoms with Gasteiger partial charge in [0.15, 0.2) is 0 Å². The number of rotatable bonds is 5. The van der Waals surface area contributed by atoms with Gasteiger partial charge in [0.1, 0.15) is 4.83 Å². The van der Waals surface area contributed by atoms with Crippen LogP contribution in [0.1, 0.15) is 24.6 Å². The van der Waals surface area contributed by atoms with Gasteiger partial charge in [-0.1, -0.05) is 6.92 Å². The Balaban J connectivity index is 2.18. The Morgan fingerprint density at radius 3 is 3.00 bits per heavy atom. The summed E-state index contributed by atoms with van der Waals surface area (Å²) in [6.45, 7) is 2.54. The molecule has 0 fully saturated rings. The van der Waals surface area contributed by atoms with Crippen LogP contribution in [0, 0.1) is 0 Å². The number of methoxy groups -OCH3 is 1. The van der Waals surface area contributed by atoms with E-state index in [1.165, 1.54) is 7.11 Å². The van der Waals surface area contributed by atoms with Crippen LogP contribution in [0.2, 0.25) is 0 Å². The van der Waals surface area contributed by atoms with Crippen LogP contribution in [0.3, 0.4) is 0 Å². The van der Waals surface area contributed by atoms with E-state index in [4.69, 9.17) is 0 Å². The predicted octanol–water partition coefficient (Wildman–Crippen LogP) is 1.97. The van der Waals surface area contributed by atoms with Gasteiger partial charge in [-0.25, -0.2) is 4.98 Å². The number of carbonyl (C=O) groups is 1. The van der Waals surface area contributed by atoms with Gasteiger partial charge in [0, 0.05) is 17.8 Å². The minimum Gasteiger partial charge on any atom is -0.469 e. The molecule has 0 unspecified atom stereocenters. The Hall–Kier alpha value is -1.69. The number of hydrogen-bond donors (Lipinski definition) is 0. The Morgan fingerprint density at radius 1 is 1.53 bits per heavy atom. The molecule has 2 rings (SSSR count). The third kappa shape index (κ3) is 3.01. The molecule has 0 spiro atoms. The second kappa shape index (κ2) is 5.97. The summed E-state index contributed by atoms with van der Waals surface area (Å²) in [5.41, 5.74) is -0.0363. The van der Waals surface area contributed by atoms with Crippen molar-refractivity contribution >= 4 is 27.5 Å². The number of fused-ring (bicyclic) bond motifs is 1. The largest absolute Gasteiger partial charge is 0.469 e. The lowest BCUT2D eigenvalue weighted by Gasteiger charge is -2.04. The van der Waals surface area contributed by atoms with Crippen molar-refractivity contribution in [3.63, 3.8) is 0 Å². The second-order valence-corrected chi connectivity index (χ2v) is 5.32. The highest BCUT2D eigenvalue weighted by molar-refractivity contribution is 7.18. The van der Waals surface area contributed by atoms with E-state index >= 15 is 0 Å². The van der Waals surface area contributed by atoms with Crippen molar-refractivity contribution < 1.29 is 9.53 Å². The Kier molecular flexibility index (Phi) is 4.31. The van der Waals surface area contributed by atoms with Gasteiger partial charge in [-0.05, 0) is 18.9 Å². The maximum absolute atomic E-state index is 12.2. The summed E-state index contributed by atoms with van der Waals surface area (Å²) in [6, 6.07) is 1.91. The van der Waals surface area contributed by atoms with Crippen LogP contribution in [-0.2, 0) is 22.5 Å². The number of aromatic nitrogens is 2.